The number of esters is 1. The van der Waals surface area contributed by atoms with E-state index in [2.05, 4.69) is 20.1 Å². The van der Waals surface area contributed by atoms with Crippen LogP contribution in [-0.2, 0) is 14.9 Å². The van der Waals surface area contributed by atoms with Crippen LogP contribution in [0, 0.1) is 0 Å². The van der Waals surface area contributed by atoms with Gasteiger partial charge in [0.15, 0.2) is 5.76 Å². The van der Waals surface area contributed by atoms with Crippen molar-refractivity contribution in [1.82, 2.24) is 20.1 Å². The number of nitrogens with zero attached hydrogens (tertiary/aromatic N) is 4. The highest BCUT2D eigenvalue weighted by atomic mass is 16.5. The minimum absolute atomic E-state index is 0.317. The zero-order chi connectivity index (χ0) is 21.8. The van der Waals surface area contributed by atoms with Crippen LogP contribution in [0.5, 0.6) is 0 Å². The van der Waals surface area contributed by atoms with Gasteiger partial charge < -0.3 is 9.26 Å². The highest BCUT2D eigenvalue weighted by Gasteiger charge is 2.33. The summed E-state index contributed by atoms with van der Waals surface area (Å²) in [6.07, 6.45) is 4.94. The van der Waals surface area contributed by atoms with Gasteiger partial charge in [-0.25, -0.2) is 4.98 Å². The van der Waals surface area contributed by atoms with Gasteiger partial charge in [-0.2, -0.15) is 0 Å². The standard InChI is InChI=1S/C24H22N4O3/c1-4-30-23(29)24(2,3)22-12-17(10-11-26-22)19-14-25-15-20(27-19)21-13-18(28-31-21)16-8-6-5-7-9-16/h5-15H,4H2,1-3H3. The first-order chi connectivity index (χ1) is 15.0. The van der Waals surface area contributed by atoms with Gasteiger partial charge in [0.1, 0.15) is 16.8 Å². The molecule has 7 heteroatoms. The predicted molar refractivity (Wildman–Crippen MR) is 116 cm³/mol. The van der Waals surface area contributed by atoms with E-state index in [0.717, 1.165) is 16.8 Å². The third-order valence-electron chi connectivity index (χ3n) is 4.95. The molecule has 0 atom stereocenters. The average Bonchev–Trinajstić information content (AvgIpc) is 3.30. The Kier molecular flexibility index (Phi) is 5.58. The minimum atomic E-state index is -0.882. The maximum atomic E-state index is 12.4. The first-order valence-electron chi connectivity index (χ1n) is 9.97. The molecule has 0 saturated heterocycles. The monoisotopic (exact) mass is 414 g/mol. The van der Waals surface area contributed by atoms with Crippen molar-refractivity contribution in [3.05, 3.63) is 72.8 Å². The van der Waals surface area contributed by atoms with Gasteiger partial charge in [-0.05, 0) is 32.9 Å². The molecule has 0 spiro atoms. The Hall–Kier alpha value is -3.87. The molecular formula is C24H22N4O3. The molecule has 7 nitrogen and oxygen atoms in total. The molecule has 31 heavy (non-hydrogen) atoms. The summed E-state index contributed by atoms with van der Waals surface area (Å²) in [7, 11) is 0. The van der Waals surface area contributed by atoms with Crippen molar-refractivity contribution in [1.29, 1.82) is 0 Å². The lowest BCUT2D eigenvalue weighted by molar-refractivity contribution is -0.148. The van der Waals surface area contributed by atoms with Crippen molar-refractivity contribution in [2.75, 3.05) is 6.61 Å². The van der Waals surface area contributed by atoms with E-state index in [1.807, 2.05) is 48.5 Å². The Morgan fingerprint density at radius 2 is 1.77 bits per heavy atom. The summed E-state index contributed by atoms with van der Waals surface area (Å²) in [6, 6.07) is 15.3. The van der Waals surface area contributed by atoms with Crippen LogP contribution in [0.25, 0.3) is 34.0 Å². The first-order valence-corrected chi connectivity index (χ1v) is 9.97. The van der Waals surface area contributed by atoms with Crippen molar-refractivity contribution in [3.63, 3.8) is 0 Å². The van der Waals surface area contributed by atoms with Crippen molar-refractivity contribution < 1.29 is 14.1 Å². The molecule has 0 N–H and O–H groups in total. The van der Waals surface area contributed by atoms with Crippen LogP contribution in [0.4, 0.5) is 0 Å². The molecule has 0 radical (unpaired) electrons. The Morgan fingerprint density at radius 3 is 2.55 bits per heavy atom. The van der Waals surface area contributed by atoms with E-state index in [0.29, 0.717) is 29.4 Å². The zero-order valence-electron chi connectivity index (χ0n) is 17.6. The second-order valence-electron chi connectivity index (χ2n) is 7.51. The lowest BCUT2D eigenvalue weighted by atomic mass is 9.88. The van der Waals surface area contributed by atoms with Crippen LogP contribution in [-0.4, -0.2) is 32.7 Å². The van der Waals surface area contributed by atoms with Crippen molar-refractivity contribution in [3.8, 4) is 34.0 Å². The number of carbonyl (C=O) groups excluding carboxylic acids is 1. The fourth-order valence-corrected chi connectivity index (χ4v) is 3.11. The quantitative estimate of drug-likeness (QED) is 0.422. The number of carbonyl (C=O) groups is 1. The van der Waals surface area contributed by atoms with Crippen molar-refractivity contribution in [2.24, 2.45) is 0 Å². The predicted octanol–water partition coefficient (Wildman–Crippen LogP) is 4.70. The van der Waals surface area contributed by atoms with Crippen LogP contribution >= 0.6 is 0 Å². The van der Waals surface area contributed by atoms with Crippen LogP contribution in [0.2, 0.25) is 0 Å². The van der Waals surface area contributed by atoms with Crippen molar-refractivity contribution >= 4 is 5.97 Å². The summed E-state index contributed by atoms with van der Waals surface area (Å²) in [4.78, 5) is 25.7. The lowest BCUT2D eigenvalue weighted by Gasteiger charge is -2.22. The van der Waals surface area contributed by atoms with Gasteiger partial charge in [0.2, 0.25) is 0 Å². The maximum Gasteiger partial charge on any atom is 0.317 e. The number of ether oxygens (including phenoxy) is 1. The average molecular weight is 414 g/mol. The molecule has 0 aliphatic heterocycles. The number of benzene rings is 1. The zero-order valence-corrected chi connectivity index (χ0v) is 17.6. The minimum Gasteiger partial charge on any atom is -0.465 e. The van der Waals surface area contributed by atoms with Crippen LogP contribution in [0.3, 0.4) is 0 Å². The summed E-state index contributed by atoms with van der Waals surface area (Å²) < 4.78 is 10.7. The Morgan fingerprint density at radius 1 is 1.00 bits per heavy atom. The molecule has 4 rings (SSSR count). The normalized spacial score (nSPS) is 11.3. The van der Waals surface area contributed by atoms with E-state index in [1.165, 1.54) is 0 Å². The summed E-state index contributed by atoms with van der Waals surface area (Å²) in [5.41, 5.74) is 3.40. The van der Waals surface area contributed by atoms with E-state index in [4.69, 9.17) is 9.26 Å². The topological polar surface area (TPSA) is 91.0 Å². The highest BCUT2D eigenvalue weighted by Crippen LogP contribution is 2.29. The van der Waals surface area contributed by atoms with Gasteiger partial charge in [-0.1, -0.05) is 35.5 Å². The highest BCUT2D eigenvalue weighted by molar-refractivity contribution is 5.82. The van der Waals surface area contributed by atoms with E-state index in [-0.39, 0.29) is 5.97 Å². The van der Waals surface area contributed by atoms with Gasteiger partial charge in [0.05, 0.1) is 30.4 Å². The molecule has 4 aromatic rings. The number of hydrogen-bond acceptors (Lipinski definition) is 7. The third-order valence-corrected chi connectivity index (χ3v) is 4.95. The fraction of sp³-hybridized carbons (Fsp3) is 0.208. The smallest absolute Gasteiger partial charge is 0.317 e. The summed E-state index contributed by atoms with van der Waals surface area (Å²) in [5, 5.41) is 4.14. The number of pyridine rings is 1. The van der Waals surface area contributed by atoms with Crippen LogP contribution < -0.4 is 0 Å². The van der Waals surface area contributed by atoms with Gasteiger partial charge >= 0.3 is 5.97 Å². The van der Waals surface area contributed by atoms with Crippen LogP contribution in [0.15, 0.2) is 71.6 Å². The molecule has 0 amide bonds. The largest absolute Gasteiger partial charge is 0.465 e. The summed E-state index contributed by atoms with van der Waals surface area (Å²) in [6.45, 7) is 5.68. The third kappa shape index (κ3) is 4.21. The molecule has 1 aromatic carbocycles. The van der Waals surface area contributed by atoms with Crippen LogP contribution in [0.1, 0.15) is 26.5 Å². The Balaban J connectivity index is 1.65. The molecule has 0 fully saturated rings. The number of aromatic nitrogens is 4. The number of rotatable bonds is 6. The van der Waals surface area contributed by atoms with E-state index < -0.39 is 5.41 Å². The molecule has 156 valence electrons. The molecule has 0 bridgehead atoms. The molecule has 3 aromatic heterocycles. The van der Waals surface area contributed by atoms with E-state index >= 15 is 0 Å². The maximum absolute atomic E-state index is 12.4. The second-order valence-corrected chi connectivity index (χ2v) is 7.51. The number of hydrogen-bond donors (Lipinski definition) is 0. The first kappa shape index (κ1) is 20.4. The van der Waals surface area contributed by atoms with Gasteiger partial charge in [-0.3, -0.25) is 14.8 Å². The molecule has 0 aliphatic rings. The second kappa shape index (κ2) is 8.47. The molecule has 0 unspecified atom stereocenters. The molecule has 0 aliphatic carbocycles. The van der Waals surface area contributed by atoms with E-state index in [1.54, 1.807) is 39.4 Å². The molecule has 3 heterocycles. The molecule has 0 saturated carbocycles. The van der Waals surface area contributed by atoms with E-state index in [9.17, 15) is 4.79 Å². The fourth-order valence-electron chi connectivity index (χ4n) is 3.11. The Bertz CT molecular complexity index is 1200. The van der Waals surface area contributed by atoms with Gasteiger partial charge in [-0.15, -0.1) is 0 Å². The SMILES string of the molecule is CCOC(=O)C(C)(C)c1cc(-c2cncc(-c3cc(-c4ccccc4)no3)n2)ccn1. The molecular weight excluding hydrogens is 392 g/mol. The lowest BCUT2D eigenvalue weighted by Crippen LogP contribution is -2.32. The summed E-state index contributed by atoms with van der Waals surface area (Å²) in [5.74, 6) is 0.198. The van der Waals surface area contributed by atoms with Gasteiger partial charge in [0, 0.05) is 23.4 Å². The van der Waals surface area contributed by atoms with Gasteiger partial charge in [0.25, 0.3) is 0 Å². The Labute approximate surface area is 180 Å². The summed E-state index contributed by atoms with van der Waals surface area (Å²) >= 11 is 0. The van der Waals surface area contributed by atoms with Crippen molar-refractivity contribution in [2.45, 2.75) is 26.2 Å².